The van der Waals surface area contributed by atoms with E-state index in [1.165, 1.54) is 6.07 Å². The molecule has 1 amide bonds. The van der Waals surface area contributed by atoms with Crippen molar-refractivity contribution in [1.82, 2.24) is 0 Å². The number of carbonyl (C=O) groups excluding carboxylic acids is 1. The molecule has 0 saturated heterocycles. The number of amides is 1. The summed E-state index contributed by atoms with van der Waals surface area (Å²) in [5.41, 5.74) is 1.26. The lowest BCUT2D eigenvalue weighted by atomic mass is 10.1. The van der Waals surface area contributed by atoms with E-state index in [-0.39, 0.29) is 5.69 Å². The van der Waals surface area contributed by atoms with Crippen LogP contribution in [0.25, 0.3) is 6.08 Å². The third kappa shape index (κ3) is 3.51. The minimum atomic E-state index is -0.800. The lowest BCUT2D eigenvalue weighted by Crippen LogP contribution is -2.13. The highest BCUT2D eigenvalue weighted by Gasteiger charge is 2.09. The first kappa shape index (κ1) is 13.9. The molecule has 102 valence electrons. The van der Waals surface area contributed by atoms with E-state index in [9.17, 15) is 13.6 Å². The highest BCUT2D eigenvalue weighted by molar-refractivity contribution is 6.06. The first-order valence-corrected chi connectivity index (χ1v) is 6.06. The van der Waals surface area contributed by atoms with Crippen LogP contribution in [-0.4, -0.2) is 5.91 Å². The summed E-state index contributed by atoms with van der Waals surface area (Å²) in [6.45, 7) is 1.63. The quantitative estimate of drug-likeness (QED) is 0.841. The number of nitrogens with one attached hydrogen (secondary N) is 1. The molecular weight excluding hydrogens is 260 g/mol. The highest BCUT2D eigenvalue weighted by atomic mass is 19.1. The Balaban J connectivity index is 2.14. The molecule has 0 heterocycles. The van der Waals surface area contributed by atoms with Gasteiger partial charge in [-0.2, -0.15) is 0 Å². The van der Waals surface area contributed by atoms with Gasteiger partial charge in [-0.1, -0.05) is 30.3 Å². The number of hydrogen-bond donors (Lipinski definition) is 1. The summed E-state index contributed by atoms with van der Waals surface area (Å²) in [5, 5.41) is 2.41. The third-order valence-electron chi connectivity index (χ3n) is 2.72. The number of anilines is 1. The molecule has 0 atom stereocenters. The Labute approximate surface area is 115 Å². The van der Waals surface area contributed by atoms with Crippen molar-refractivity contribution < 1.29 is 13.6 Å². The third-order valence-corrected chi connectivity index (χ3v) is 2.72. The number of benzene rings is 2. The molecule has 0 bridgehead atoms. The standard InChI is InChI=1S/C16H13F2NO/c1-11(9-12-5-3-2-4-6-12)16(20)19-15-8-7-13(17)10-14(15)18/h2-10H,1H3,(H,19,20)/b11-9+. The fourth-order valence-electron chi connectivity index (χ4n) is 1.68. The van der Waals surface area contributed by atoms with Gasteiger partial charge in [0.1, 0.15) is 11.6 Å². The van der Waals surface area contributed by atoms with Gasteiger partial charge in [0.25, 0.3) is 5.91 Å². The maximum absolute atomic E-state index is 13.4. The van der Waals surface area contributed by atoms with E-state index in [1.807, 2.05) is 30.3 Å². The van der Waals surface area contributed by atoms with Gasteiger partial charge in [-0.25, -0.2) is 8.78 Å². The van der Waals surface area contributed by atoms with E-state index in [0.29, 0.717) is 5.57 Å². The molecule has 4 heteroatoms. The molecule has 0 aliphatic carbocycles. The summed E-state index contributed by atoms with van der Waals surface area (Å²) in [6, 6.07) is 12.3. The van der Waals surface area contributed by atoms with Crippen LogP contribution in [0.5, 0.6) is 0 Å². The predicted octanol–water partition coefficient (Wildman–Crippen LogP) is 4.01. The molecule has 2 rings (SSSR count). The largest absolute Gasteiger partial charge is 0.320 e. The number of hydrogen-bond acceptors (Lipinski definition) is 1. The molecule has 0 aliphatic rings. The van der Waals surface area contributed by atoms with E-state index in [1.54, 1.807) is 13.0 Å². The van der Waals surface area contributed by atoms with E-state index >= 15 is 0 Å². The van der Waals surface area contributed by atoms with E-state index in [0.717, 1.165) is 17.7 Å². The Morgan fingerprint density at radius 1 is 1.10 bits per heavy atom. The van der Waals surface area contributed by atoms with Crippen LogP contribution in [0.4, 0.5) is 14.5 Å². The first-order chi connectivity index (χ1) is 9.56. The van der Waals surface area contributed by atoms with Crippen LogP contribution in [0.15, 0.2) is 54.1 Å². The number of rotatable bonds is 3. The van der Waals surface area contributed by atoms with Gasteiger partial charge in [-0.3, -0.25) is 4.79 Å². The zero-order chi connectivity index (χ0) is 14.5. The Kier molecular flexibility index (Phi) is 4.25. The van der Waals surface area contributed by atoms with E-state index in [2.05, 4.69) is 5.32 Å². The molecule has 0 aromatic heterocycles. The van der Waals surface area contributed by atoms with Gasteiger partial charge in [-0.05, 0) is 30.7 Å². The average molecular weight is 273 g/mol. The van der Waals surface area contributed by atoms with Gasteiger partial charge in [0, 0.05) is 11.6 Å². The molecule has 2 aromatic carbocycles. The molecule has 0 aliphatic heterocycles. The van der Waals surface area contributed by atoms with Crippen molar-refractivity contribution >= 4 is 17.7 Å². The van der Waals surface area contributed by atoms with Crippen LogP contribution in [0.2, 0.25) is 0 Å². The van der Waals surface area contributed by atoms with Gasteiger partial charge in [-0.15, -0.1) is 0 Å². The van der Waals surface area contributed by atoms with Crippen molar-refractivity contribution in [3.05, 3.63) is 71.3 Å². The Morgan fingerprint density at radius 2 is 1.80 bits per heavy atom. The maximum atomic E-state index is 13.4. The van der Waals surface area contributed by atoms with Gasteiger partial charge >= 0.3 is 0 Å². The van der Waals surface area contributed by atoms with Gasteiger partial charge in [0.2, 0.25) is 0 Å². The van der Waals surface area contributed by atoms with Crippen molar-refractivity contribution in [3.8, 4) is 0 Å². The second-order valence-corrected chi connectivity index (χ2v) is 4.32. The summed E-state index contributed by atoms with van der Waals surface area (Å²) in [5.74, 6) is -1.91. The Morgan fingerprint density at radius 3 is 2.45 bits per heavy atom. The van der Waals surface area contributed by atoms with Crippen LogP contribution < -0.4 is 5.32 Å². The number of halogens is 2. The molecule has 2 aromatic rings. The molecule has 0 spiro atoms. The van der Waals surface area contributed by atoms with Gasteiger partial charge < -0.3 is 5.32 Å². The van der Waals surface area contributed by atoms with Crippen molar-refractivity contribution in [3.63, 3.8) is 0 Å². The van der Waals surface area contributed by atoms with Gasteiger partial charge in [0.15, 0.2) is 0 Å². The molecule has 1 N–H and O–H groups in total. The molecule has 0 unspecified atom stereocenters. The van der Waals surface area contributed by atoms with Crippen LogP contribution >= 0.6 is 0 Å². The van der Waals surface area contributed by atoms with Gasteiger partial charge in [0.05, 0.1) is 5.69 Å². The topological polar surface area (TPSA) is 29.1 Å². The second-order valence-electron chi connectivity index (χ2n) is 4.32. The summed E-state index contributed by atoms with van der Waals surface area (Å²) in [6.07, 6.45) is 1.69. The molecule has 0 radical (unpaired) electrons. The van der Waals surface area contributed by atoms with Crippen LogP contribution in [0.3, 0.4) is 0 Å². The summed E-state index contributed by atoms with van der Waals surface area (Å²) in [4.78, 5) is 11.9. The monoisotopic (exact) mass is 273 g/mol. The fourth-order valence-corrected chi connectivity index (χ4v) is 1.68. The van der Waals surface area contributed by atoms with Crippen molar-refractivity contribution in [1.29, 1.82) is 0 Å². The molecular formula is C16H13F2NO. The van der Waals surface area contributed by atoms with Crippen molar-refractivity contribution in [2.24, 2.45) is 0 Å². The Hall–Kier alpha value is -2.49. The number of carbonyl (C=O) groups is 1. The zero-order valence-corrected chi connectivity index (χ0v) is 10.9. The lowest BCUT2D eigenvalue weighted by molar-refractivity contribution is -0.112. The maximum Gasteiger partial charge on any atom is 0.251 e. The molecule has 20 heavy (non-hydrogen) atoms. The molecule has 0 fully saturated rings. The lowest BCUT2D eigenvalue weighted by Gasteiger charge is -2.06. The van der Waals surface area contributed by atoms with Crippen LogP contribution in [-0.2, 0) is 4.79 Å². The average Bonchev–Trinajstić information content (AvgIpc) is 2.43. The van der Waals surface area contributed by atoms with Crippen LogP contribution in [0.1, 0.15) is 12.5 Å². The summed E-state index contributed by atoms with van der Waals surface area (Å²) >= 11 is 0. The first-order valence-electron chi connectivity index (χ1n) is 6.06. The SMILES string of the molecule is C/C(=C\c1ccccc1)C(=O)Nc1ccc(F)cc1F. The highest BCUT2D eigenvalue weighted by Crippen LogP contribution is 2.16. The normalized spacial score (nSPS) is 11.2. The second kappa shape index (κ2) is 6.10. The summed E-state index contributed by atoms with van der Waals surface area (Å²) < 4.78 is 26.2. The van der Waals surface area contributed by atoms with Crippen LogP contribution in [0, 0.1) is 11.6 Å². The molecule has 0 saturated carbocycles. The summed E-state index contributed by atoms with van der Waals surface area (Å²) in [7, 11) is 0. The smallest absolute Gasteiger partial charge is 0.251 e. The Bertz CT molecular complexity index is 651. The minimum Gasteiger partial charge on any atom is -0.320 e. The molecule has 2 nitrogen and oxygen atoms in total. The minimum absolute atomic E-state index is 0.0442. The fraction of sp³-hybridized carbons (Fsp3) is 0.0625. The van der Waals surface area contributed by atoms with E-state index < -0.39 is 17.5 Å². The predicted molar refractivity (Wildman–Crippen MR) is 75.1 cm³/mol. The zero-order valence-electron chi connectivity index (χ0n) is 10.9. The van der Waals surface area contributed by atoms with Crippen molar-refractivity contribution in [2.45, 2.75) is 6.92 Å². The van der Waals surface area contributed by atoms with E-state index in [4.69, 9.17) is 0 Å². The van der Waals surface area contributed by atoms with Crippen molar-refractivity contribution in [2.75, 3.05) is 5.32 Å².